The van der Waals surface area contributed by atoms with Gasteiger partial charge in [0.05, 0.1) is 0 Å². The van der Waals surface area contributed by atoms with E-state index in [1.807, 2.05) is 36.4 Å². The Labute approximate surface area is 162 Å². The second-order valence-corrected chi connectivity index (χ2v) is 6.67. The highest BCUT2D eigenvalue weighted by atomic mass is 35.5. The van der Waals surface area contributed by atoms with Crippen molar-refractivity contribution in [1.82, 2.24) is 0 Å². The molecule has 0 saturated carbocycles. The molecule has 0 aliphatic heterocycles. The third-order valence-corrected chi connectivity index (χ3v) is 4.58. The Bertz CT molecular complexity index is 1090. The molecule has 0 radical (unpaired) electrons. The van der Waals surface area contributed by atoms with Crippen LogP contribution in [0.1, 0.15) is 5.56 Å². The smallest absolute Gasteiger partial charge is 0.169 e. The summed E-state index contributed by atoms with van der Waals surface area (Å²) in [4.78, 5) is 0. The van der Waals surface area contributed by atoms with E-state index in [0.29, 0.717) is 23.1 Å². The van der Waals surface area contributed by atoms with Gasteiger partial charge in [-0.3, -0.25) is 0 Å². The van der Waals surface area contributed by atoms with Crippen molar-refractivity contribution in [2.45, 2.75) is 6.54 Å². The van der Waals surface area contributed by atoms with Gasteiger partial charge in [0.1, 0.15) is 5.75 Å². The first-order valence-corrected chi connectivity index (χ1v) is 9.04. The maximum absolute atomic E-state index is 10.0. The minimum atomic E-state index is 0.0137. The lowest BCUT2D eigenvalue weighted by Gasteiger charge is -2.14. The molecular formula is C23H18ClNO2. The quantitative estimate of drug-likeness (QED) is 0.412. The molecule has 0 amide bonds. The topological polar surface area (TPSA) is 41.5 Å². The highest BCUT2D eigenvalue weighted by Gasteiger charge is 2.08. The first kappa shape index (κ1) is 17.3. The zero-order valence-corrected chi connectivity index (χ0v) is 15.3. The van der Waals surface area contributed by atoms with Crippen LogP contribution in [0.5, 0.6) is 17.2 Å². The molecular weight excluding hydrogens is 358 g/mol. The summed E-state index contributed by atoms with van der Waals surface area (Å²) in [6.45, 7) is 0.600. The molecule has 0 bridgehead atoms. The number of fused-ring (bicyclic) bond motifs is 1. The summed E-state index contributed by atoms with van der Waals surface area (Å²) in [7, 11) is 0. The normalized spacial score (nSPS) is 10.7. The lowest BCUT2D eigenvalue weighted by Crippen LogP contribution is -2.01. The number of rotatable bonds is 5. The molecule has 134 valence electrons. The molecule has 4 aromatic rings. The van der Waals surface area contributed by atoms with Crippen LogP contribution in [0, 0.1) is 0 Å². The molecule has 27 heavy (non-hydrogen) atoms. The van der Waals surface area contributed by atoms with Crippen LogP contribution in [0.2, 0.25) is 5.02 Å². The predicted octanol–water partition coefficient (Wildman–Crippen LogP) is 6.60. The monoisotopic (exact) mass is 375 g/mol. The third kappa shape index (κ3) is 3.99. The average Bonchev–Trinajstić information content (AvgIpc) is 2.69. The Balaban J connectivity index is 1.53. The molecule has 2 N–H and O–H groups in total. The molecule has 0 fully saturated rings. The first-order chi connectivity index (χ1) is 13.2. The van der Waals surface area contributed by atoms with Crippen molar-refractivity contribution in [1.29, 1.82) is 0 Å². The van der Waals surface area contributed by atoms with Crippen molar-refractivity contribution in [2.75, 3.05) is 5.32 Å². The maximum Gasteiger partial charge on any atom is 0.169 e. The number of halogens is 1. The molecule has 4 rings (SSSR count). The fraction of sp³-hybridized carbons (Fsp3) is 0.0435. The van der Waals surface area contributed by atoms with Crippen molar-refractivity contribution in [3.8, 4) is 17.2 Å². The van der Waals surface area contributed by atoms with E-state index in [2.05, 4.69) is 35.6 Å². The molecule has 0 atom stereocenters. The number of aromatic hydroxyl groups is 1. The number of anilines is 1. The largest absolute Gasteiger partial charge is 0.504 e. The van der Waals surface area contributed by atoms with Gasteiger partial charge in [0.15, 0.2) is 11.5 Å². The Morgan fingerprint density at radius 3 is 2.41 bits per heavy atom. The van der Waals surface area contributed by atoms with Crippen LogP contribution in [0.4, 0.5) is 5.69 Å². The van der Waals surface area contributed by atoms with Gasteiger partial charge in [-0.25, -0.2) is 0 Å². The maximum atomic E-state index is 10.0. The van der Waals surface area contributed by atoms with Gasteiger partial charge < -0.3 is 15.2 Å². The van der Waals surface area contributed by atoms with Gasteiger partial charge in [-0.2, -0.15) is 0 Å². The second-order valence-electron chi connectivity index (χ2n) is 6.24. The Hall–Kier alpha value is -3.17. The van der Waals surface area contributed by atoms with Crippen LogP contribution in [-0.4, -0.2) is 5.11 Å². The van der Waals surface area contributed by atoms with E-state index in [1.165, 1.54) is 16.8 Å². The van der Waals surface area contributed by atoms with E-state index in [4.69, 9.17) is 16.3 Å². The number of ether oxygens (including phenoxy) is 1. The van der Waals surface area contributed by atoms with Crippen LogP contribution >= 0.6 is 11.6 Å². The van der Waals surface area contributed by atoms with Gasteiger partial charge in [-0.15, -0.1) is 0 Å². The third-order valence-electron chi connectivity index (χ3n) is 4.35. The van der Waals surface area contributed by atoms with E-state index in [1.54, 1.807) is 12.1 Å². The van der Waals surface area contributed by atoms with E-state index in [-0.39, 0.29) is 5.75 Å². The van der Waals surface area contributed by atoms with E-state index < -0.39 is 0 Å². The number of para-hydroxylation sites is 1. The van der Waals surface area contributed by atoms with Crippen molar-refractivity contribution < 1.29 is 9.84 Å². The Kier molecular flexibility index (Phi) is 4.86. The van der Waals surface area contributed by atoms with Gasteiger partial charge in [0.2, 0.25) is 0 Å². The Morgan fingerprint density at radius 1 is 0.778 bits per heavy atom. The minimum Gasteiger partial charge on any atom is -0.504 e. The summed E-state index contributed by atoms with van der Waals surface area (Å²) in [5.41, 5.74) is 2.03. The molecule has 4 heteroatoms. The highest BCUT2D eigenvalue weighted by Crippen LogP contribution is 2.34. The standard InChI is InChI=1S/C23H18ClNO2/c24-19-10-12-23(21(26)14-19)27-22-8-4-3-7-18(22)15-25-20-11-9-16-5-1-2-6-17(16)13-20/h1-14,25-26H,15H2. The molecule has 3 nitrogen and oxygen atoms in total. The fourth-order valence-corrected chi connectivity index (χ4v) is 3.11. The highest BCUT2D eigenvalue weighted by molar-refractivity contribution is 6.30. The number of phenols is 1. The molecule has 0 saturated heterocycles. The van der Waals surface area contributed by atoms with Gasteiger partial charge in [-0.1, -0.05) is 60.1 Å². The zero-order chi connectivity index (χ0) is 18.6. The van der Waals surface area contributed by atoms with Gasteiger partial charge >= 0.3 is 0 Å². The van der Waals surface area contributed by atoms with Crippen LogP contribution in [0.15, 0.2) is 84.9 Å². The van der Waals surface area contributed by atoms with Crippen molar-refractivity contribution in [2.24, 2.45) is 0 Å². The average molecular weight is 376 g/mol. The summed E-state index contributed by atoms with van der Waals surface area (Å²) < 4.78 is 5.91. The lowest BCUT2D eigenvalue weighted by atomic mass is 10.1. The molecule has 0 unspecified atom stereocenters. The van der Waals surface area contributed by atoms with E-state index >= 15 is 0 Å². The number of nitrogens with one attached hydrogen (secondary N) is 1. The molecule has 4 aromatic carbocycles. The molecule has 0 aliphatic rings. The molecule has 0 spiro atoms. The summed E-state index contributed by atoms with van der Waals surface area (Å²) in [5, 5.41) is 16.3. The van der Waals surface area contributed by atoms with Crippen LogP contribution in [0.3, 0.4) is 0 Å². The summed E-state index contributed by atoms with van der Waals surface area (Å²) >= 11 is 5.88. The SMILES string of the molecule is Oc1cc(Cl)ccc1Oc1ccccc1CNc1ccc2ccccc2c1. The first-order valence-electron chi connectivity index (χ1n) is 8.66. The Morgan fingerprint density at radius 2 is 1.56 bits per heavy atom. The van der Waals surface area contributed by atoms with Gasteiger partial charge in [0.25, 0.3) is 0 Å². The number of hydrogen-bond donors (Lipinski definition) is 2. The van der Waals surface area contributed by atoms with E-state index in [9.17, 15) is 5.11 Å². The predicted molar refractivity (Wildman–Crippen MR) is 111 cm³/mol. The van der Waals surface area contributed by atoms with Gasteiger partial charge in [-0.05, 0) is 41.1 Å². The van der Waals surface area contributed by atoms with Crippen molar-refractivity contribution >= 4 is 28.1 Å². The summed E-state index contributed by atoms with van der Waals surface area (Å²) in [5.74, 6) is 1.07. The number of hydrogen-bond acceptors (Lipinski definition) is 3. The lowest BCUT2D eigenvalue weighted by molar-refractivity contribution is 0.409. The summed E-state index contributed by atoms with van der Waals surface area (Å²) in [6.07, 6.45) is 0. The molecule has 0 aliphatic carbocycles. The van der Waals surface area contributed by atoms with Crippen LogP contribution < -0.4 is 10.1 Å². The van der Waals surface area contributed by atoms with Crippen LogP contribution in [-0.2, 0) is 6.54 Å². The van der Waals surface area contributed by atoms with Crippen LogP contribution in [0.25, 0.3) is 10.8 Å². The number of phenolic OH excluding ortho intramolecular Hbond substituents is 1. The van der Waals surface area contributed by atoms with Crippen molar-refractivity contribution in [3.05, 3.63) is 95.5 Å². The van der Waals surface area contributed by atoms with Crippen molar-refractivity contribution in [3.63, 3.8) is 0 Å². The van der Waals surface area contributed by atoms with E-state index in [0.717, 1.165) is 11.3 Å². The summed E-state index contributed by atoms with van der Waals surface area (Å²) in [6, 6.07) is 27.1. The number of benzene rings is 4. The van der Waals surface area contributed by atoms with Gasteiger partial charge in [0, 0.05) is 28.9 Å². The second kappa shape index (κ2) is 7.60. The molecule has 0 aromatic heterocycles. The molecule has 0 heterocycles. The fourth-order valence-electron chi connectivity index (χ4n) is 2.94. The minimum absolute atomic E-state index is 0.0137. The zero-order valence-electron chi connectivity index (χ0n) is 14.5.